The Morgan fingerprint density at radius 2 is 2.12 bits per heavy atom. The van der Waals surface area contributed by atoms with Crippen LogP contribution in [0, 0.1) is 11.8 Å². The van der Waals surface area contributed by atoms with Gasteiger partial charge in [0.2, 0.25) is 5.95 Å². The number of aryl methyl sites for hydroxylation is 1. The maximum Gasteiger partial charge on any atom is 0.205 e. The SMILES string of the molecule is CCCCn1ccnc1N1CC2CNCC2C1. The fourth-order valence-electron chi connectivity index (χ4n) is 3.11. The molecule has 3 rings (SSSR count). The Morgan fingerprint density at radius 3 is 2.82 bits per heavy atom. The molecule has 4 nitrogen and oxygen atoms in total. The first-order valence-electron chi connectivity index (χ1n) is 6.85. The molecule has 2 aliphatic rings. The first-order chi connectivity index (χ1) is 8.38. The second-order valence-electron chi connectivity index (χ2n) is 5.36. The van der Waals surface area contributed by atoms with Crippen molar-refractivity contribution in [2.75, 3.05) is 31.1 Å². The molecule has 1 aromatic rings. The molecule has 0 radical (unpaired) electrons. The van der Waals surface area contributed by atoms with Crippen LogP contribution in [0.3, 0.4) is 0 Å². The summed E-state index contributed by atoms with van der Waals surface area (Å²) in [5, 5.41) is 3.49. The minimum absolute atomic E-state index is 0.839. The molecular formula is C13H22N4. The summed E-state index contributed by atoms with van der Waals surface area (Å²) in [5.74, 6) is 2.87. The number of imidazole rings is 1. The fraction of sp³-hybridized carbons (Fsp3) is 0.769. The summed E-state index contributed by atoms with van der Waals surface area (Å²) in [6, 6.07) is 0. The van der Waals surface area contributed by atoms with Gasteiger partial charge in [0, 0.05) is 45.1 Å². The molecule has 94 valence electrons. The highest BCUT2D eigenvalue weighted by Crippen LogP contribution is 2.29. The predicted octanol–water partition coefficient (Wildman–Crippen LogP) is 1.34. The van der Waals surface area contributed by atoms with Gasteiger partial charge in [0.15, 0.2) is 0 Å². The van der Waals surface area contributed by atoms with E-state index in [1.807, 2.05) is 6.20 Å². The average Bonchev–Trinajstić information content (AvgIpc) is 2.99. The topological polar surface area (TPSA) is 33.1 Å². The van der Waals surface area contributed by atoms with Crippen LogP contribution in [0.2, 0.25) is 0 Å². The summed E-state index contributed by atoms with van der Waals surface area (Å²) in [5.41, 5.74) is 0. The van der Waals surface area contributed by atoms with E-state index in [1.165, 1.54) is 45.0 Å². The predicted molar refractivity (Wildman–Crippen MR) is 69.2 cm³/mol. The highest BCUT2D eigenvalue weighted by molar-refractivity contribution is 5.34. The zero-order valence-corrected chi connectivity index (χ0v) is 10.6. The van der Waals surface area contributed by atoms with E-state index < -0.39 is 0 Å². The molecule has 0 bridgehead atoms. The van der Waals surface area contributed by atoms with Gasteiger partial charge in [-0.15, -0.1) is 0 Å². The van der Waals surface area contributed by atoms with Crippen molar-refractivity contribution in [1.29, 1.82) is 0 Å². The van der Waals surface area contributed by atoms with Crippen LogP contribution in [0.4, 0.5) is 5.95 Å². The van der Waals surface area contributed by atoms with Gasteiger partial charge in [-0.05, 0) is 18.3 Å². The largest absolute Gasteiger partial charge is 0.342 e. The number of aromatic nitrogens is 2. The summed E-state index contributed by atoms with van der Waals surface area (Å²) in [6.07, 6.45) is 6.55. The lowest BCUT2D eigenvalue weighted by molar-refractivity contribution is 0.533. The van der Waals surface area contributed by atoms with E-state index in [-0.39, 0.29) is 0 Å². The van der Waals surface area contributed by atoms with Crippen LogP contribution in [-0.2, 0) is 6.54 Å². The lowest BCUT2D eigenvalue weighted by Gasteiger charge is -2.20. The molecule has 17 heavy (non-hydrogen) atoms. The van der Waals surface area contributed by atoms with E-state index in [9.17, 15) is 0 Å². The van der Waals surface area contributed by atoms with Crippen LogP contribution >= 0.6 is 0 Å². The first kappa shape index (κ1) is 11.1. The number of hydrogen-bond acceptors (Lipinski definition) is 3. The van der Waals surface area contributed by atoms with Crippen molar-refractivity contribution < 1.29 is 0 Å². The summed E-state index contributed by atoms with van der Waals surface area (Å²) >= 11 is 0. The summed E-state index contributed by atoms with van der Waals surface area (Å²) < 4.78 is 2.32. The minimum atomic E-state index is 0.839. The van der Waals surface area contributed by atoms with E-state index in [4.69, 9.17) is 0 Å². The van der Waals surface area contributed by atoms with Gasteiger partial charge < -0.3 is 14.8 Å². The lowest BCUT2D eigenvalue weighted by Crippen LogP contribution is -2.28. The monoisotopic (exact) mass is 234 g/mol. The van der Waals surface area contributed by atoms with Crippen molar-refractivity contribution in [2.45, 2.75) is 26.3 Å². The van der Waals surface area contributed by atoms with Crippen LogP contribution in [0.1, 0.15) is 19.8 Å². The van der Waals surface area contributed by atoms with Gasteiger partial charge in [-0.2, -0.15) is 0 Å². The Balaban J connectivity index is 1.70. The summed E-state index contributed by atoms with van der Waals surface area (Å²) in [4.78, 5) is 7.02. The van der Waals surface area contributed by atoms with Crippen LogP contribution in [-0.4, -0.2) is 35.7 Å². The third kappa shape index (κ3) is 2.06. The van der Waals surface area contributed by atoms with Gasteiger partial charge in [-0.1, -0.05) is 13.3 Å². The second kappa shape index (κ2) is 4.69. The Labute approximate surface area is 103 Å². The molecule has 0 aromatic carbocycles. The number of anilines is 1. The highest BCUT2D eigenvalue weighted by atomic mass is 15.3. The van der Waals surface area contributed by atoms with Crippen molar-refractivity contribution in [3.63, 3.8) is 0 Å². The number of fused-ring (bicyclic) bond motifs is 1. The van der Waals surface area contributed by atoms with Crippen molar-refractivity contribution in [3.05, 3.63) is 12.4 Å². The first-order valence-corrected chi connectivity index (χ1v) is 6.85. The lowest BCUT2D eigenvalue weighted by atomic mass is 10.0. The van der Waals surface area contributed by atoms with E-state index in [0.717, 1.165) is 18.4 Å². The van der Waals surface area contributed by atoms with E-state index in [2.05, 4.69) is 32.9 Å². The highest BCUT2D eigenvalue weighted by Gasteiger charge is 2.37. The Bertz CT molecular complexity index is 361. The molecule has 3 heterocycles. The van der Waals surface area contributed by atoms with Gasteiger partial charge >= 0.3 is 0 Å². The van der Waals surface area contributed by atoms with Gasteiger partial charge in [0.1, 0.15) is 0 Å². The van der Waals surface area contributed by atoms with Gasteiger partial charge in [-0.25, -0.2) is 4.98 Å². The maximum absolute atomic E-state index is 4.55. The Morgan fingerprint density at radius 1 is 1.35 bits per heavy atom. The molecule has 0 aliphatic carbocycles. The van der Waals surface area contributed by atoms with Crippen molar-refractivity contribution in [1.82, 2.24) is 14.9 Å². The van der Waals surface area contributed by atoms with Crippen molar-refractivity contribution in [2.24, 2.45) is 11.8 Å². The molecule has 1 aromatic heterocycles. The standard InChI is InChI=1S/C13H22N4/c1-2-3-5-16-6-4-15-13(16)17-9-11-7-14-8-12(11)10-17/h4,6,11-12,14H,2-3,5,7-10H2,1H3. The molecule has 2 atom stereocenters. The van der Waals surface area contributed by atoms with Crippen LogP contribution in [0.15, 0.2) is 12.4 Å². The zero-order valence-electron chi connectivity index (χ0n) is 10.6. The third-order valence-electron chi connectivity index (χ3n) is 4.12. The van der Waals surface area contributed by atoms with Crippen LogP contribution in [0.25, 0.3) is 0 Å². The smallest absolute Gasteiger partial charge is 0.205 e. The maximum atomic E-state index is 4.55. The minimum Gasteiger partial charge on any atom is -0.342 e. The molecule has 1 N–H and O–H groups in total. The van der Waals surface area contributed by atoms with Crippen molar-refractivity contribution >= 4 is 5.95 Å². The number of rotatable bonds is 4. The Hall–Kier alpha value is -1.03. The number of nitrogens with one attached hydrogen (secondary N) is 1. The summed E-state index contributed by atoms with van der Waals surface area (Å²) in [6.45, 7) is 8.09. The third-order valence-corrected chi connectivity index (χ3v) is 4.12. The normalized spacial score (nSPS) is 27.7. The number of nitrogens with zero attached hydrogens (tertiary/aromatic N) is 3. The van der Waals surface area contributed by atoms with E-state index in [0.29, 0.717) is 0 Å². The van der Waals surface area contributed by atoms with Crippen LogP contribution in [0.5, 0.6) is 0 Å². The summed E-state index contributed by atoms with van der Waals surface area (Å²) in [7, 11) is 0. The average molecular weight is 234 g/mol. The quantitative estimate of drug-likeness (QED) is 0.853. The number of hydrogen-bond donors (Lipinski definition) is 1. The molecule has 2 fully saturated rings. The fourth-order valence-corrected chi connectivity index (χ4v) is 3.11. The molecule has 2 saturated heterocycles. The molecule has 0 saturated carbocycles. The van der Waals surface area contributed by atoms with Crippen LogP contribution < -0.4 is 10.2 Å². The zero-order chi connectivity index (χ0) is 11.7. The second-order valence-corrected chi connectivity index (χ2v) is 5.36. The molecule has 0 spiro atoms. The van der Waals surface area contributed by atoms with Gasteiger partial charge in [-0.3, -0.25) is 0 Å². The van der Waals surface area contributed by atoms with E-state index >= 15 is 0 Å². The molecule has 2 unspecified atom stereocenters. The molecule has 2 aliphatic heterocycles. The molecular weight excluding hydrogens is 212 g/mol. The van der Waals surface area contributed by atoms with Gasteiger partial charge in [0.05, 0.1) is 0 Å². The molecule has 4 heteroatoms. The van der Waals surface area contributed by atoms with Crippen molar-refractivity contribution in [3.8, 4) is 0 Å². The van der Waals surface area contributed by atoms with E-state index in [1.54, 1.807) is 0 Å². The Kier molecular flexibility index (Phi) is 3.05. The number of unbranched alkanes of at least 4 members (excludes halogenated alkanes) is 1. The molecule has 0 amide bonds. The van der Waals surface area contributed by atoms with Gasteiger partial charge in [0.25, 0.3) is 0 Å².